The molecule has 0 atom stereocenters. The highest BCUT2D eigenvalue weighted by atomic mass is 35.5. The van der Waals surface area contributed by atoms with Gasteiger partial charge in [-0.2, -0.15) is 0 Å². The third kappa shape index (κ3) is 1.40. The first kappa shape index (κ1) is 7.81. The van der Waals surface area contributed by atoms with Gasteiger partial charge in [0.15, 0.2) is 5.69 Å². The maximum Gasteiger partial charge on any atom is 0.281 e. The summed E-state index contributed by atoms with van der Waals surface area (Å²) in [5.74, 6) is -0.198. The fourth-order valence-corrected chi connectivity index (χ4v) is 0.901. The highest BCUT2D eigenvalue weighted by Crippen LogP contribution is 2.29. The number of halogens is 1. The molecule has 0 saturated heterocycles. The lowest BCUT2D eigenvalue weighted by atomic mass is 10.2. The van der Waals surface area contributed by atoms with Gasteiger partial charge in [0.25, 0.3) is 5.69 Å². The standard InChI is InChI=1S/C6H5ClN2O2/c7-3-1-4(9-11)6(8)5(10)2-3/h1-2,10H,8H2/p+1. The molecular weight excluding hydrogens is 168 g/mol. The summed E-state index contributed by atoms with van der Waals surface area (Å²) in [5.41, 5.74) is 5.37. The van der Waals surface area contributed by atoms with E-state index in [9.17, 15) is 4.91 Å². The second-order valence-corrected chi connectivity index (χ2v) is 2.42. The van der Waals surface area contributed by atoms with Crippen LogP contribution in [0.4, 0.5) is 11.4 Å². The topological polar surface area (TPSA) is 77.3 Å². The first-order valence-corrected chi connectivity index (χ1v) is 3.19. The maximum atomic E-state index is 10.2. The molecule has 0 radical (unpaired) electrons. The Labute approximate surface area is 67.6 Å². The zero-order valence-corrected chi connectivity index (χ0v) is 6.22. The molecule has 0 heterocycles. The summed E-state index contributed by atoms with van der Waals surface area (Å²) < 4.78 is 0. The van der Waals surface area contributed by atoms with Gasteiger partial charge in [0.1, 0.15) is 5.75 Å². The molecule has 0 spiro atoms. The Balaban J connectivity index is 3.35. The number of hydrogen-bond donors (Lipinski definition) is 3. The van der Waals surface area contributed by atoms with E-state index in [2.05, 4.69) is 0 Å². The fourth-order valence-electron chi connectivity index (χ4n) is 0.688. The molecule has 58 valence electrons. The van der Waals surface area contributed by atoms with Crippen LogP contribution in [0.3, 0.4) is 0 Å². The van der Waals surface area contributed by atoms with E-state index in [4.69, 9.17) is 22.4 Å². The first-order chi connectivity index (χ1) is 5.15. The van der Waals surface area contributed by atoms with Crippen molar-refractivity contribution < 1.29 is 10.3 Å². The Morgan fingerprint density at radius 3 is 2.73 bits per heavy atom. The van der Waals surface area contributed by atoms with E-state index >= 15 is 0 Å². The molecule has 1 aromatic carbocycles. The van der Waals surface area contributed by atoms with E-state index in [-0.39, 0.29) is 22.1 Å². The van der Waals surface area contributed by atoms with Gasteiger partial charge in [-0.3, -0.25) is 0 Å². The normalized spacial score (nSPS) is 9.55. The Bertz CT molecular complexity index is 301. The van der Waals surface area contributed by atoms with Crippen LogP contribution in [0.2, 0.25) is 5.02 Å². The molecule has 0 amide bonds. The lowest BCUT2D eigenvalue weighted by Gasteiger charge is -1.96. The molecule has 1 rings (SSSR count). The number of hydrogen-bond acceptors (Lipinski definition) is 3. The molecule has 4 N–H and O–H groups in total. The van der Waals surface area contributed by atoms with Crippen LogP contribution in [0.5, 0.6) is 5.75 Å². The SMILES string of the molecule is Nc1c(O)cc(Cl)cc1[NH+]=O. The first-order valence-electron chi connectivity index (χ1n) is 2.81. The minimum absolute atomic E-state index is 0.00407. The van der Waals surface area contributed by atoms with Crippen LogP contribution < -0.4 is 10.9 Å². The average Bonchev–Trinajstić information content (AvgIpc) is 1.96. The number of phenolic OH excluding ortho intramolecular Hbond substituents is 1. The average molecular weight is 174 g/mol. The zero-order valence-electron chi connectivity index (χ0n) is 5.47. The number of rotatable bonds is 1. The molecule has 0 fully saturated rings. The molecule has 0 aliphatic carbocycles. The molecule has 0 bridgehead atoms. The molecular formula is C6H6ClN2O2+. The molecule has 4 nitrogen and oxygen atoms in total. The van der Waals surface area contributed by atoms with Crippen molar-refractivity contribution in [3.05, 3.63) is 22.1 Å². The Morgan fingerprint density at radius 1 is 1.55 bits per heavy atom. The van der Waals surface area contributed by atoms with Crippen LogP contribution in [0.25, 0.3) is 0 Å². The van der Waals surface area contributed by atoms with Crippen LogP contribution in [0.1, 0.15) is 0 Å². The molecule has 1 aromatic rings. The van der Waals surface area contributed by atoms with Crippen molar-refractivity contribution in [2.24, 2.45) is 0 Å². The van der Waals surface area contributed by atoms with Crippen LogP contribution in [0.15, 0.2) is 12.1 Å². The predicted octanol–water partition coefficient (Wildman–Crippen LogP) is 0.106. The van der Waals surface area contributed by atoms with Crippen LogP contribution in [-0.2, 0) is 0 Å². The van der Waals surface area contributed by atoms with Gasteiger partial charge in [-0.15, -0.1) is 0 Å². The third-order valence-corrected chi connectivity index (χ3v) is 1.45. The van der Waals surface area contributed by atoms with E-state index in [0.29, 0.717) is 0 Å². The van der Waals surface area contributed by atoms with Crippen molar-refractivity contribution in [1.29, 1.82) is 0 Å². The van der Waals surface area contributed by atoms with Gasteiger partial charge >= 0.3 is 0 Å². The van der Waals surface area contributed by atoms with E-state index in [0.717, 1.165) is 0 Å². The van der Waals surface area contributed by atoms with Crippen molar-refractivity contribution in [2.45, 2.75) is 0 Å². The summed E-state index contributed by atoms with van der Waals surface area (Å²) in [6.07, 6.45) is 0. The number of nitrogen functional groups attached to an aromatic ring is 1. The number of nitroso groups, excluding NO2 is 1. The number of nitrogens with one attached hydrogen (secondary N) is 1. The number of aromatic hydroxyl groups is 1. The molecule has 0 aliphatic rings. The Morgan fingerprint density at radius 2 is 2.18 bits per heavy atom. The van der Waals surface area contributed by atoms with Gasteiger partial charge in [-0.25, -0.2) is 0 Å². The van der Waals surface area contributed by atoms with E-state index in [1.807, 2.05) is 0 Å². The molecule has 11 heavy (non-hydrogen) atoms. The molecule has 0 aromatic heterocycles. The van der Waals surface area contributed by atoms with Crippen LogP contribution in [-0.4, -0.2) is 5.11 Å². The summed E-state index contributed by atoms with van der Waals surface area (Å²) in [5, 5.41) is 10.8. The van der Waals surface area contributed by atoms with Gasteiger partial charge in [0.05, 0.1) is 5.02 Å². The third-order valence-electron chi connectivity index (χ3n) is 1.23. The minimum atomic E-state index is -0.198. The van der Waals surface area contributed by atoms with Crippen molar-refractivity contribution >= 4 is 23.0 Å². The summed E-state index contributed by atoms with van der Waals surface area (Å²) in [6, 6.07) is 2.60. The minimum Gasteiger partial charge on any atom is -0.505 e. The second-order valence-electron chi connectivity index (χ2n) is 1.99. The molecule has 0 saturated carbocycles. The largest absolute Gasteiger partial charge is 0.505 e. The van der Waals surface area contributed by atoms with Crippen molar-refractivity contribution in [3.63, 3.8) is 0 Å². The van der Waals surface area contributed by atoms with Gasteiger partial charge in [-0.05, 0) is 0 Å². The van der Waals surface area contributed by atoms with E-state index in [1.54, 1.807) is 5.18 Å². The fraction of sp³-hybridized carbons (Fsp3) is 0. The van der Waals surface area contributed by atoms with Gasteiger partial charge in [0.2, 0.25) is 0 Å². The van der Waals surface area contributed by atoms with Gasteiger partial charge in [0, 0.05) is 22.2 Å². The Kier molecular flexibility index (Phi) is 1.96. The smallest absolute Gasteiger partial charge is 0.281 e. The highest BCUT2D eigenvalue weighted by molar-refractivity contribution is 6.31. The van der Waals surface area contributed by atoms with Crippen molar-refractivity contribution in [2.75, 3.05) is 5.73 Å². The van der Waals surface area contributed by atoms with Crippen molar-refractivity contribution in [1.82, 2.24) is 0 Å². The van der Waals surface area contributed by atoms with Gasteiger partial charge in [-0.1, -0.05) is 11.6 Å². The van der Waals surface area contributed by atoms with Crippen LogP contribution >= 0.6 is 11.6 Å². The molecule has 0 aliphatic heterocycles. The predicted molar refractivity (Wildman–Crippen MR) is 41.5 cm³/mol. The van der Waals surface area contributed by atoms with E-state index < -0.39 is 0 Å². The number of nitrogens with two attached hydrogens (primary N) is 1. The van der Waals surface area contributed by atoms with Gasteiger partial charge < -0.3 is 10.8 Å². The summed E-state index contributed by atoms with van der Waals surface area (Å²) >= 11 is 5.51. The second kappa shape index (κ2) is 2.75. The summed E-state index contributed by atoms with van der Waals surface area (Å²) in [6.45, 7) is 0. The zero-order chi connectivity index (χ0) is 8.43. The maximum absolute atomic E-state index is 10.2. The van der Waals surface area contributed by atoms with Crippen molar-refractivity contribution in [3.8, 4) is 5.75 Å². The highest BCUT2D eigenvalue weighted by Gasteiger charge is 2.10. The van der Waals surface area contributed by atoms with E-state index in [1.165, 1.54) is 12.1 Å². The molecule has 5 heteroatoms. The summed E-state index contributed by atoms with van der Waals surface area (Å²) in [4.78, 5) is 10.2. The lowest BCUT2D eigenvalue weighted by Crippen LogP contribution is -2.56. The Hall–Kier alpha value is -1.29. The molecule has 0 unspecified atom stereocenters. The number of benzene rings is 1. The quantitative estimate of drug-likeness (QED) is 0.417. The number of anilines is 1. The number of phenols is 1. The summed E-state index contributed by atoms with van der Waals surface area (Å²) in [7, 11) is 0. The van der Waals surface area contributed by atoms with Crippen LogP contribution in [0, 0.1) is 4.91 Å². The lowest BCUT2D eigenvalue weighted by molar-refractivity contribution is -0.378. The monoisotopic (exact) mass is 173 g/mol.